The third-order valence-electron chi connectivity index (χ3n) is 3.87. The van der Waals surface area contributed by atoms with Crippen molar-refractivity contribution in [2.75, 3.05) is 18.5 Å². The molecular weight excluding hydrogens is 302 g/mol. The van der Waals surface area contributed by atoms with Gasteiger partial charge in [0.25, 0.3) is 5.69 Å². The zero-order valence-corrected chi connectivity index (χ0v) is 13.0. The van der Waals surface area contributed by atoms with E-state index in [-0.39, 0.29) is 24.2 Å². The van der Waals surface area contributed by atoms with E-state index in [1.165, 1.54) is 22.8 Å². The van der Waals surface area contributed by atoms with E-state index in [1.807, 2.05) is 0 Å². The average molecular weight is 321 g/mol. The summed E-state index contributed by atoms with van der Waals surface area (Å²) in [5.41, 5.74) is 0.233. The molecule has 1 aliphatic rings. The summed E-state index contributed by atoms with van der Waals surface area (Å²) in [6, 6.07) is 5.19. The van der Waals surface area contributed by atoms with Crippen molar-refractivity contribution in [1.82, 2.24) is 4.90 Å². The number of nitro groups is 1. The summed E-state index contributed by atoms with van der Waals surface area (Å²) < 4.78 is 0. The third kappa shape index (κ3) is 3.77. The molecule has 0 aliphatic heterocycles. The largest absolute Gasteiger partial charge is 0.480 e. The van der Waals surface area contributed by atoms with Gasteiger partial charge < -0.3 is 14.9 Å². The highest BCUT2D eigenvalue weighted by atomic mass is 16.6. The molecule has 0 heterocycles. The molecular formula is C15H19N3O5. The monoisotopic (exact) mass is 321 g/mol. The maximum atomic E-state index is 12.5. The molecule has 8 heteroatoms. The van der Waals surface area contributed by atoms with Crippen LogP contribution in [0.5, 0.6) is 0 Å². The number of carbonyl (C=O) groups is 2. The first-order valence-corrected chi connectivity index (χ1v) is 7.31. The van der Waals surface area contributed by atoms with Crippen molar-refractivity contribution in [1.29, 1.82) is 0 Å². The molecule has 8 nitrogen and oxygen atoms in total. The summed E-state index contributed by atoms with van der Waals surface area (Å²) in [5.74, 6) is -1.40. The highest BCUT2D eigenvalue weighted by molar-refractivity contribution is 5.87. The number of likely N-dealkylation sites (N-methyl/N-ethyl adjacent to an activating group) is 1. The molecule has 1 amide bonds. The zero-order valence-electron chi connectivity index (χ0n) is 13.0. The third-order valence-corrected chi connectivity index (χ3v) is 3.87. The van der Waals surface area contributed by atoms with Crippen LogP contribution >= 0.6 is 0 Å². The van der Waals surface area contributed by atoms with Gasteiger partial charge in [0.2, 0.25) is 5.91 Å². The van der Waals surface area contributed by atoms with Gasteiger partial charge in [-0.05, 0) is 25.8 Å². The Morgan fingerprint density at radius 2 is 2.00 bits per heavy atom. The van der Waals surface area contributed by atoms with Crippen LogP contribution in [-0.2, 0) is 9.59 Å². The molecule has 0 aromatic heterocycles. The second kappa shape index (κ2) is 6.64. The molecule has 0 saturated heterocycles. The van der Waals surface area contributed by atoms with Gasteiger partial charge >= 0.3 is 5.97 Å². The fraction of sp³-hybridized carbons (Fsp3) is 0.467. The van der Waals surface area contributed by atoms with Crippen LogP contribution in [0.25, 0.3) is 0 Å². The molecule has 1 fully saturated rings. The van der Waals surface area contributed by atoms with Crippen LogP contribution in [0.15, 0.2) is 24.3 Å². The standard InChI is InChI=1S/C15H19N3O5/c1-10(15(20)21)17(11-7-8-11)14(19)9-16(2)12-5-3-4-6-13(12)18(22)23/h3-6,10-11H,7-9H2,1-2H3,(H,20,21). The molecule has 1 atom stereocenters. The van der Waals surface area contributed by atoms with E-state index >= 15 is 0 Å². The molecule has 0 bridgehead atoms. The number of benzene rings is 1. The smallest absolute Gasteiger partial charge is 0.326 e. The normalized spacial score (nSPS) is 14.9. The SMILES string of the molecule is CC(C(=O)O)N(C(=O)CN(C)c1ccccc1[N+](=O)[O-])C1CC1. The Morgan fingerprint density at radius 1 is 1.39 bits per heavy atom. The van der Waals surface area contributed by atoms with Crippen LogP contribution in [0.4, 0.5) is 11.4 Å². The van der Waals surface area contributed by atoms with Gasteiger partial charge in [0.15, 0.2) is 0 Å². The molecule has 23 heavy (non-hydrogen) atoms. The Labute approximate surface area is 133 Å². The van der Waals surface area contributed by atoms with E-state index in [1.54, 1.807) is 25.2 Å². The highest BCUT2D eigenvalue weighted by Gasteiger charge is 2.38. The maximum absolute atomic E-state index is 12.5. The minimum Gasteiger partial charge on any atom is -0.480 e. The van der Waals surface area contributed by atoms with Crippen molar-refractivity contribution in [3.63, 3.8) is 0 Å². The first-order valence-electron chi connectivity index (χ1n) is 7.31. The highest BCUT2D eigenvalue weighted by Crippen LogP contribution is 2.30. The Balaban J connectivity index is 2.15. The molecule has 1 aliphatic carbocycles. The fourth-order valence-corrected chi connectivity index (χ4v) is 2.52. The van der Waals surface area contributed by atoms with Gasteiger partial charge in [0, 0.05) is 19.2 Å². The summed E-state index contributed by atoms with van der Waals surface area (Å²) in [7, 11) is 1.58. The molecule has 1 saturated carbocycles. The fourth-order valence-electron chi connectivity index (χ4n) is 2.52. The van der Waals surface area contributed by atoms with E-state index < -0.39 is 16.9 Å². The quantitative estimate of drug-likeness (QED) is 0.603. The summed E-state index contributed by atoms with van der Waals surface area (Å²) in [6.07, 6.45) is 1.58. The lowest BCUT2D eigenvalue weighted by atomic mass is 10.2. The number of para-hydroxylation sites is 2. The number of amides is 1. The summed E-state index contributed by atoms with van der Waals surface area (Å²) >= 11 is 0. The molecule has 1 aromatic rings. The number of nitro benzene ring substituents is 1. The predicted molar refractivity (Wildman–Crippen MR) is 83.3 cm³/mol. The lowest BCUT2D eigenvalue weighted by Gasteiger charge is -2.29. The molecule has 1 N–H and O–H groups in total. The second-order valence-corrected chi connectivity index (χ2v) is 5.65. The van der Waals surface area contributed by atoms with Crippen molar-refractivity contribution in [2.45, 2.75) is 31.8 Å². The first kappa shape index (κ1) is 16.7. The van der Waals surface area contributed by atoms with Crippen molar-refractivity contribution >= 4 is 23.3 Å². The Hall–Kier alpha value is -2.64. The summed E-state index contributed by atoms with van der Waals surface area (Å²) in [6.45, 7) is 1.36. The number of rotatable bonds is 7. The van der Waals surface area contributed by atoms with Crippen LogP contribution in [0, 0.1) is 10.1 Å². The summed E-state index contributed by atoms with van der Waals surface area (Å²) in [5, 5.41) is 20.2. The first-order chi connectivity index (χ1) is 10.8. The number of carboxylic acid groups (broad SMARTS) is 1. The minimum atomic E-state index is -1.06. The van der Waals surface area contributed by atoms with E-state index in [2.05, 4.69) is 0 Å². The zero-order chi connectivity index (χ0) is 17.1. The molecule has 0 radical (unpaired) electrons. The van der Waals surface area contributed by atoms with Gasteiger partial charge in [0.05, 0.1) is 11.5 Å². The topological polar surface area (TPSA) is 104 Å². The Morgan fingerprint density at radius 3 is 2.52 bits per heavy atom. The van der Waals surface area contributed by atoms with Gasteiger partial charge in [-0.15, -0.1) is 0 Å². The predicted octanol–water partition coefficient (Wildman–Crippen LogP) is 1.50. The number of anilines is 1. The second-order valence-electron chi connectivity index (χ2n) is 5.65. The van der Waals surface area contributed by atoms with E-state index in [0.29, 0.717) is 5.69 Å². The number of nitrogens with zero attached hydrogens (tertiary/aromatic N) is 3. The van der Waals surface area contributed by atoms with Crippen molar-refractivity contribution in [3.8, 4) is 0 Å². The van der Waals surface area contributed by atoms with Crippen molar-refractivity contribution < 1.29 is 19.6 Å². The summed E-state index contributed by atoms with van der Waals surface area (Å²) in [4.78, 5) is 37.1. The average Bonchev–Trinajstić information content (AvgIpc) is 3.31. The number of hydrogen-bond donors (Lipinski definition) is 1. The molecule has 124 valence electrons. The Kier molecular flexibility index (Phi) is 4.83. The van der Waals surface area contributed by atoms with Gasteiger partial charge in [-0.2, -0.15) is 0 Å². The van der Waals surface area contributed by atoms with Crippen molar-refractivity contribution in [3.05, 3.63) is 34.4 Å². The van der Waals surface area contributed by atoms with Crippen LogP contribution in [0.2, 0.25) is 0 Å². The van der Waals surface area contributed by atoms with Gasteiger partial charge in [-0.3, -0.25) is 14.9 Å². The lowest BCUT2D eigenvalue weighted by Crippen LogP contribution is -2.48. The van der Waals surface area contributed by atoms with Crippen molar-refractivity contribution in [2.24, 2.45) is 0 Å². The van der Waals surface area contributed by atoms with Crippen LogP contribution in [-0.4, -0.2) is 52.5 Å². The number of carbonyl (C=O) groups excluding carboxylic acids is 1. The number of hydrogen-bond acceptors (Lipinski definition) is 5. The number of carboxylic acids is 1. The molecule has 2 rings (SSSR count). The maximum Gasteiger partial charge on any atom is 0.326 e. The minimum absolute atomic E-state index is 0.0484. The van der Waals surface area contributed by atoms with Gasteiger partial charge in [-0.1, -0.05) is 12.1 Å². The van der Waals surface area contributed by atoms with E-state index in [9.17, 15) is 19.7 Å². The van der Waals surface area contributed by atoms with E-state index in [0.717, 1.165) is 12.8 Å². The molecule has 1 unspecified atom stereocenters. The Bertz CT molecular complexity index is 629. The molecule has 0 spiro atoms. The van der Waals surface area contributed by atoms with Crippen LogP contribution in [0.3, 0.4) is 0 Å². The number of aliphatic carboxylic acids is 1. The molecule has 1 aromatic carbocycles. The van der Waals surface area contributed by atoms with E-state index in [4.69, 9.17) is 5.11 Å². The van der Waals surface area contributed by atoms with Gasteiger partial charge in [0.1, 0.15) is 11.7 Å². The van der Waals surface area contributed by atoms with Gasteiger partial charge in [-0.25, -0.2) is 4.79 Å². The van der Waals surface area contributed by atoms with Crippen LogP contribution in [0.1, 0.15) is 19.8 Å². The van der Waals surface area contributed by atoms with Crippen LogP contribution < -0.4 is 4.90 Å². The lowest BCUT2D eigenvalue weighted by molar-refractivity contribution is -0.384.